The Morgan fingerprint density at radius 2 is 1.45 bits per heavy atom. The van der Waals surface area contributed by atoms with E-state index in [0.29, 0.717) is 31.2 Å². The van der Waals surface area contributed by atoms with Crippen molar-refractivity contribution in [1.29, 1.82) is 0 Å². The topological polar surface area (TPSA) is 111 Å². The predicted molar refractivity (Wildman–Crippen MR) is 184 cm³/mol. The number of para-hydroxylation sites is 1. The lowest BCUT2D eigenvalue weighted by atomic mass is 9.98. The number of urea groups is 1. The van der Waals surface area contributed by atoms with Crippen molar-refractivity contribution in [2.45, 2.75) is 56.7 Å². The van der Waals surface area contributed by atoms with Gasteiger partial charge in [-0.25, -0.2) is 4.79 Å². The molecule has 10 heteroatoms. The van der Waals surface area contributed by atoms with Crippen molar-refractivity contribution < 1.29 is 33.6 Å². The second kappa shape index (κ2) is 15.5. The Morgan fingerprint density at radius 1 is 0.796 bits per heavy atom. The summed E-state index contributed by atoms with van der Waals surface area (Å²) < 4.78 is 30.8. The van der Waals surface area contributed by atoms with Gasteiger partial charge in [0.1, 0.15) is 11.5 Å². The van der Waals surface area contributed by atoms with Gasteiger partial charge in [0.2, 0.25) is 0 Å². The maximum atomic E-state index is 12.6. The van der Waals surface area contributed by atoms with Crippen molar-refractivity contribution in [1.82, 2.24) is 10.2 Å². The van der Waals surface area contributed by atoms with Gasteiger partial charge >= 0.3 is 6.03 Å². The van der Waals surface area contributed by atoms with Crippen LogP contribution in [-0.4, -0.2) is 60.8 Å². The molecule has 1 spiro atoms. The van der Waals surface area contributed by atoms with Crippen LogP contribution in [0.25, 0.3) is 0 Å². The lowest BCUT2D eigenvalue weighted by Gasteiger charge is -2.41. The Balaban J connectivity index is 0.944. The number of anilines is 1. The van der Waals surface area contributed by atoms with Crippen molar-refractivity contribution in [3.63, 3.8) is 0 Å². The molecule has 49 heavy (non-hydrogen) atoms. The van der Waals surface area contributed by atoms with Crippen molar-refractivity contribution in [3.8, 4) is 11.5 Å². The summed E-state index contributed by atoms with van der Waals surface area (Å²) in [5.74, 6) is 1.03. The highest BCUT2D eigenvalue weighted by Gasteiger charge is 2.41. The summed E-state index contributed by atoms with van der Waals surface area (Å²) in [6.45, 7) is 4.29. The number of nitrogens with one attached hydrogen (secondary N) is 2. The molecule has 4 aromatic carbocycles. The molecular weight excluding hydrogens is 622 g/mol. The fourth-order valence-corrected chi connectivity index (χ4v) is 6.56. The van der Waals surface area contributed by atoms with E-state index >= 15 is 0 Å². The first-order valence-electron chi connectivity index (χ1n) is 17.0. The Kier molecular flexibility index (Phi) is 10.5. The third-order valence-corrected chi connectivity index (χ3v) is 9.30. The summed E-state index contributed by atoms with van der Waals surface area (Å²) >= 11 is 0. The Labute approximate surface area is 286 Å². The molecular formula is C39H43N3O7. The van der Waals surface area contributed by atoms with E-state index in [1.165, 1.54) is 0 Å². The van der Waals surface area contributed by atoms with E-state index in [1.807, 2.05) is 91.0 Å². The molecule has 2 amide bonds. The van der Waals surface area contributed by atoms with E-state index in [2.05, 4.69) is 15.5 Å². The third kappa shape index (κ3) is 8.66. The van der Waals surface area contributed by atoms with Gasteiger partial charge in [0.25, 0.3) is 0 Å². The lowest BCUT2D eigenvalue weighted by Crippen LogP contribution is -2.48. The van der Waals surface area contributed by atoms with Crippen molar-refractivity contribution in [2.75, 3.05) is 38.2 Å². The average molecular weight is 666 g/mol. The summed E-state index contributed by atoms with van der Waals surface area (Å²) in [5.41, 5.74) is 4.46. The van der Waals surface area contributed by atoms with Gasteiger partial charge in [0.15, 0.2) is 12.1 Å². The standard InChI is InChI=1S/C39H43N3O7/c43-27-29-8-10-30(11-9-29)36-24-35(26-42-20-18-39(19-21-42)45-22-23-46-39)48-37(49-36)31-12-6-28(7-13-31)25-40-38(44)41-32-14-16-34(17-15-32)47-33-4-2-1-3-5-33/h1-17,35-37,43H,18-27H2,(H2,40,41,44). The fraction of sp³-hybridized carbons (Fsp3) is 0.359. The van der Waals surface area contributed by atoms with E-state index < -0.39 is 12.1 Å². The van der Waals surface area contributed by atoms with Crippen LogP contribution in [0.1, 0.15) is 53.9 Å². The predicted octanol–water partition coefficient (Wildman–Crippen LogP) is 6.68. The highest BCUT2D eigenvalue weighted by atomic mass is 16.7. The summed E-state index contributed by atoms with van der Waals surface area (Å²) in [6.07, 6.45) is 1.70. The molecule has 256 valence electrons. The molecule has 3 heterocycles. The highest BCUT2D eigenvalue weighted by molar-refractivity contribution is 5.89. The smallest absolute Gasteiger partial charge is 0.319 e. The van der Waals surface area contributed by atoms with Gasteiger partial charge in [-0.05, 0) is 53.1 Å². The van der Waals surface area contributed by atoms with Crippen LogP contribution in [0.15, 0.2) is 103 Å². The number of hydrogen-bond donors (Lipinski definition) is 3. The number of nitrogens with zero attached hydrogens (tertiary/aromatic N) is 1. The molecule has 3 saturated heterocycles. The molecule has 3 fully saturated rings. The molecule has 0 saturated carbocycles. The molecule has 3 aliphatic rings. The number of likely N-dealkylation sites (tertiary alicyclic amines) is 1. The lowest BCUT2D eigenvalue weighted by molar-refractivity contribution is -0.255. The number of hydrogen-bond acceptors (Lipinski definition) is 8. The zero-order valence-corrected chi connectivity index (χ0v) is 27.5. The summed E-state index contributed by atoms with van der Waals surface area (Å²) in [6, 6.07) is 32.4. The van der Waals surface area contributed by atoms with Crippen LogP contribution >= 0.6 is 0 Å². The SMILES string of the molecule is O=C(NCc1ccc(C2OC(CN3CCC4(CC3)OCCO4)CC(c3ccc(CO)cc3)O2)cc1)Nc1ccc(Oc2ccccc2)cc1. The first-order chi connectivity index (χ1) is 24.0. The highest BCUT2D eigenvalue weighted by Crippen LogP contribution is 2.39. The van der Waals surface area contributed by atoms with Crippen LogP contribution in [-0.2, 0) is 32.1 Å². The first kappa shape index (κ1) is 33.2. The number of aliphatic hydroxyl groups is 1. The molecule has 3 atom stereocenters. The number of amides is 2. The van der Waals surface area contributed by atoms with E-state index in [1.54, 1.807) is 12.1 Å². The number of aliphatic hydroxyl groups excluding tert-OH is 1. The number of carbonyl (C=O) groups excluding carboxylic acids is 1. The van der Waals surface area contributed by atoms with Crippen LogP contribution < -0.4 is 15.4 Å². The van der Waals surface area contributed by atoms with Crippen molar-refractivity contribution >= 4 is 11.7 Å². The summed E-state index contributed by atoms with van der Waals surface area (Å²) in [7, 11) is 0. The molecule has 4 aromatic rings. The molecule has 3 N–H and O–H groups in total. The number of carbonyl (C=O) groups is 1. The summed E-state index contributed by atoms with van der Waals surface area (Å²) in [4.78, 5) is 15.1. The average Bonchev–Trinajstić information content (AvgIpc) is 3.61. The molecule has 0 aliphatic carbocycles. The normalized spacial score (nSPS) is 22.1. The summed E-state index contributed by atoms with van der Waals surface area (Å²) in [5, 5.41) is 15.3. The van der Waals surface area contributed by atoms with Crippen molar-refractivity contribution in [2.24, 2.45) is 0 Å². The van der Waals surface area contributed by atoms with Crippen molar-refractivity contribution in [3.05, 3.63) is 125 Å². The van der Waals surface area contributed by atoms with E-state index in [0.717, 1.165) is 66.9 Å². The van der Waals surface area contributed by atoms with E-state index in [9.17, 15) is 9.90 Å². The zero-order chi connectivity index (χ0) is 33.5. The quantitative estimate of drug-likeness (QED) is 0.172. The Bertz CT molecular complexity index is 1640. The minimum Gasteiger partial charge on any atom is -0.457 e. The molecule has 0 radical (unpaired) electrons. The largest absolute Gasteiger partial charge is 0.457 e. The minimum absolute atomic E-state index is 0.00459. The van der Waals surface area contributed by atoms with Gasteiger partial charge in [0, 0.05) is 56.7 Å². The minimum atomic E-state index is -0.543. The maximum Gasteiger partial charge on any atom is 0.319 e. The number of ether oxygens (including phenoxy) is 5. The molecule has 0 aromatic heterocycles. The molecule has 0 bridgehead atoms. The van der Waals surface area contributed by atoms with Crippen LogP contribution in [0.5, 0.6) is 11.5 Å². The third-order valence-electron chi connectivity index (χ3n) is 9.30. The van der Waals surface area contributed by atoms with Crippen LogP contribution in [0.4, 0.5) is 10.5 Å². The Hall–Kier alpha value is -4.29. The second-order valence-electron chi connectivity index (χ2n) is 12.7. The van der Waals surface area contributed by atoms with Gasteiger partial charge in [-0.3, -0.25) is 0 Å². The second-order valence-corrected chi connectivity index (χ2v) is 12.7. The number of rotatable bonds is 10. The van der Waals surface area contributed by atoms with Gasteiger partial charge in [-0.1, -0.05) is 66.7 Å². The van der Waals surface area contributed by atoms with E-state index in [-0.39, 0.29) is 24.8 Å². The molecule has 3 aliphatic heterocycles. The van der Waals surface area contributed by atoms with Gasteiger partial charge < -0.3 is 44.3 Å². The zero-order valence-electron chi connectivity index (χ0n) is 27.5. The van der Waals surface area contributed by atoms with Gasteiger partial charge in [-0.2, -0.15) is 0 Å². The van der Waals surface area contributed by atoms with Gasteiger partial charge in [-0.15, -0.1) is 0 Å². The molecule has 3 unspecified atom stereocenters. The molecule has 7 rings (SSSR count). The molecule has 10 nitrogen and oxygen atoms in total. The Morgan fingerprint density at radius 3 is 2.14 bits per heavy atom. The maximum absolute atomic E-state index is 12.6. The number of piperidine rings is 1. The van der Waals surface area contributed by atoms with Crippen LogP contribution in [0.2, 0.25) is 0 Å². The van der Waals surface area contributed by atoms with Gasteiger partial charge in [0.05, 0.1) is 32.0 Å². The monoisotopic (exact) mass is 665 g/mol. The van der Waals surface area contributed by atoms with E-state index in [4.69, 9.17) is 23.7 Å². The fourth-order valence-electron chi connectivity index (χ4n) is 6.56. The number of benzene rings is 4. The van der Waals surface area contributed by atoms with Crippen LogP contribution in [0, 0.1) is 0 Å². The van der Waals surface area contributed by atoms with Crippen LogP contribution in [0.3, 0.4) is 0 Å². The first-order valence-corrected chi connectivity index (χ1v) is 17.0.